The highest BCUT2D eigenvalue weighted by Gasteiger charge is 2.15. The highest BCUT2D eigenvalue weighted by molar-refractivity contribution is 5.95. The Morgan fingerprint density at radius 3 is 1.94 bits per heavy atom. The number of rotatable bonds is 8. The Morgan fingerprint density at radius 2 is 1.34 bits per heavy atom. The smallest absolute Gasteiger partial charge is 0.260 e. The summed E-state index contributed by atoms with van der Waals surface area (Å²) >= 11 is 0. The second kappa shape index (κ2) is 10.5. The van der Waals surface area contributed by atoms with Crippen LogP contribution in [0.25, 0.3) is 0 Å². The van der Waals surface area contributed by atoms with E-state index in [2.05, 4.69) is 5.32 Å². The molecule has 0 aliphatic carbocycles. The number of ether oxygens (including phenoxy) is 2. The fourth-order valence-electron chi connectivity index (χ4n) is 3.10. The van der Waals surface area contributed by atoms with Crippen LogP contribution in [-0.4, -0.2) is 36.9 Å². The third-order valence-electron chi connectivity index (χ3n) is 4.99. The number of aryl methyl sites for hydroxylation is 3. The number of likely N-dealkylation sites (N-methyl/N-ethyl adjacent to an activating group) is 1. The van der Waals surface area contributed by atoms with E-state index in [1.165, 1.54) is 10.5 Å². The molecule has 6 nitrogen and oxygen atoms in total. The molecule has 3 aromatic rings. The average Bonchev–Trinajstić information content (AvgIpc) is 2.77. The summed E-state index contributed by atoms with van der Waals surface area (Å²) in [7, 11) is 1.58. The molecule has 32 heavy (non-hydrogen) atoms. The first kappa shape index (κ1) is 22.9. The molecule has 2 amide bonds. The van der Waals surface area contributed by atoms with E-state index in [0.29, 0.717) is 11.5 Å². The van der Waals surface area contributed by atoms with Gasteiger partial charge in [0, 0.05) is 12.7 Å². The molecule has 0 unspecified atom stereocenters. The molecule has 6 heteroatoms. The Hall–Kier alpha value is -3.80. The van der Waals surface area contributed by atoms with Crippen molar-refractivity contribution in [3.8, 4) is 17.2 Å². The van der Waals surface area contributed by atoms with Crippen LogP contribution in [-0.2, 0) is 9.59 Å². The van der Waals surface area contributed by atoms with Gasteiger partial charge < -0.3 is 19.7 Å². The van der Waals surface area contributed by atoms with Crippen molar-refractivity contribution in [2.75, 3.05) is 25.5 Å². The number of nitrogens with zero attached hydrogens (tertiary/aromatic N) is 1. The van der Waals surface area contributed by atoms with Gasteiger partial charge in [-0.25, -0.2) is 0 Å². The maximum absolute atomic E-state index is 12.4. The van der Waals surface area contributed by atoms with Gasteiger partial charge in [-0.05, 0) is 68.3 Å². The van der Waals surface area contributed by atoms with Crippen molar-refractivity contribution in [3.05, 3.63) is 83.4 Å². The summed E-state index contributed by atoms with van der Waals surface area (Å²) in [5.41, 5.74) is 3.90. The molecule has 3 rings (SSSR count). The van der Waals surface area contributed by atoms with Crippen LogP contribution in [0.2, 0.25) is 0 Å². The second-order valence-corrected chi connectivity index (χ2v) is 7.74. The number of para-hydroxylation sites is 1. The predicted molar refractivity (Wildman–Crippen MR) is 125 cm³/mol. The number of benzene rings is 3. The normalized spacial score (nSPS) is 10.4. The average molecular weight is 433 g/mol. The third-order valence-corrected chi connectivity index (χ3v) is 4.99. The first-order valence-corrected chi connectivity index (χ1v) is 10.4. The summed E-state index contributed by atoms with van der Waals surface area (Å²) in [4.78, 5) is 26.1. The van der Waals surface area contributed by atoms with E-state index < -0.39 is 0 Å². The first-order valence-electron chi connectivity index (χ1n) is 10.4. The largest absolute Gasteiger partial charge is 0.484 e. The summed E-state index contributed by atoms with van der Waals surface area (Å²) in [5, 5.41) is 2.88. The van der Waals surface area contributed by atoms with Crippen LogP contribution >= 0.6 is 0 Å². The summed E-state index contributed by atoms with van der Waals surface area (Å²) in [6.07, 6.45) is 0. The summed E-state index contributed by atoms with van der Waals surface area (Å²) < 4.78 is 11.4. The molecule has 166 valence electrons. The third kappa shape index (κ3) is 6.35. The van der Waals surface area contributed by atoms with Crippen LogP contribution in [0.1, 0.15) is 16.7 Å². The van der Waals surface area contributed by atoms with Gasteiger partial charge in [0.2, 0.25) is 5.91 Å². The van der Waals surface area contributed by atoms with Crippen LogP contribution in [0.4, 0.5) is 5.69 Å². The molecule has 0 saturated carbocycles. The van der Waals surface area contributed by atoms with Crippen molar-refractivity contribution in [2.24, 2.45) is 0 Å². The Morgan fingerprint density at radius 1 is 0.812 bits per heavy atom. The van der Waals surface area contributed by atoms with Gasteiger partial charge in [-0.2, -0.15) is 0 Å². The SMILES string of the molecule is Cc1ccc(Oc2ccc(OCC(=O)N(C)CC(=O)Nc3c(C)cccc3C)cc2)cc1. The van der Waals surface area contributed by atoms with E-state index in [1.807, 2.05) is 63.2 Å². The lowest BCUT2D eigenvalue weighted by atomic mass is 10.1. The van der Waals surface area contributed by atoms with Crippen LogP contribution < -0.4 is 14.8 Å². The molecule has 1 N–H and O–H groups in total. The van der Waals surface area contributed by atoms with Gasteiger partial charge in [-0.15, -0.1) is 0 Å². The maximum Gasteiger partial charge on any atom is 0.260 e. The predicted octanol–water partition coefficient (Wildman–Crippen LogP) is 4.88. The number of amides is 2. The molecule has 0 aromatic heterocycles. The van der Waals surface area contributed by atoms with Crippen molar-refractivity contribution in [1.82, 2.24) is 4.90 Å². The van der Waals surface area contributed by atoms with Crippen molar-refractivity contribution >= 4 is 17.5 Å². The van der Waals surface area contributed by atoms with Gasteiger partial charge in [0.05, 0.1) is 6.54 Å². The van der Waals surface area contributed by atoms with Gasteiger partial charge in [-0.1, -0.05) is 35.9 Å². The molecule has 0 bridgehead atoms. The molecule has 0 aliphatic rings. The topological polar surface area (TPSA) is 67.9 Å². The summed E-state index contributed by atoms with van der Waals surface area (Å²) in [6, 6.07) is 20.6. The maximum atomic E-state index is 12.4. The zero-order valence-electron chi connectivity index (χ0n) is 18.8. The minimum absolute atomic E-state index is 0.0563. The standard InChI is InChI=1S/C26H28N2O4/c1-18-8-10-22(11-9-18)32-23-14-12-21(13-15-23)31-17-25(30)28(4)16-24(29)27-26-19(2)6-5-7-20(26)3/h5-15H,16-17H2,1-4H3,(H,27,29). The number of anilines is 1. The Bertz CT molecular complexity index is 1060. The van der Waals surface area contributed by atoms with Gasteiger partial charge >= 0.3 is 0 Å². The lowest BCUT2D eigenvalue weighted by Crippen LogP contribution is -2.37. The van der Waals surface area contributed by atoms with E-state index in [0.717, 1.165) is 22.6 Å². The number of hydrogen-bond acceptors (Lipinski definition) is 4. The number of hydrogen-bond donors (Lipinski definition) is 1. The number of carbonyl (C=O) groups is 2. The van der Waals surface area contributed by atoms with E-state index in [4.69, 9.17) is 9.47 Å². The molecule has 0 radical (unpaired) electrons. The molecule has 0 atom stereocenters. The lowest BCUT2D eigenvalue weighted by Gasteiger charge is -2.18. The fraction of sp³-hybridized carbons (Fsp3) is 0.231. The molecular weight excluding hydrogens is 404 g/mol. The monoisotopic (exact) mass is 432 g/mol. The fourth-order valence-corrected chi connectivity index (χ4v) is 3.10. The lowest BCUT2D eigenvalue weighted by molar-refractivity contribution is -0.135. The molecule has 0 spiro atoms. The molecule has 0 saturated heterocycles. The van der Waals surface area contributed by atoms with Gasteiger partial charge in [0.15, 0.2) is 6.61 Å². The molecule has 0 aliphatic heterocycles. The summed E-state index contributed by atoms with van der Waals surface area (Å²) in [5.74, 6) is 1.42. The molecule has 0 fully saturated rings. The quantitative estimate of drug-likeness (QED) is 0.551. The summed E-state index contributed by atoms with van der Waals surface area (Å²) in [6.45, 7) is 5.67. The number of carbonyl (C=O) groups excluding carboxylic acids is 2. The van der Waals surface area contributed by atoms with E-state index in [-0.39, 0.29) is 25.0 Å². The van der Waals surface area contributed by atoms with E-state index in [9.17, 15) is 9.59 Å². The van der Waals surface area contributed by atoms with Crippen molar-refractivity contribution in [3.63, 3.8) is 0 Å². The Balaban J connectivity index is 1.47. The molecule has 3 aromatic carbocycles. The minimum Gasteiger partial charge on any atom is -0.484 e. The van der Waals surface area contributed by atoms with Crippen LogP contribution in [0.3, 0.4) is 0 Å². The van der Waals surface area contributed by atoms with E-state index in [1.54, 1.807) is 31.3 Å². The van der Waals surface area contributed by atoms with Crippen molar-refractivity contribution < 1.29 is 19.1 Å². The highest BCUT2D eigenvalue weighted by Crippen LogP contribution is 2.24. The van der Waals surface area contributed by atoms with Crippen LogP contribution in [0.5, 0.6) is 17.2 Å². The zero-order chi connectivity index (χ0) is 23.1. The van der Waals surface area contributed by atoms with Crippen molar-refractivity contribution in [2.45, 2.75) is 20.8 Å². The first-order chi connectivity index (χ1) is 15.3. The Labute approximate surface area is 188 Å². The zero-order valence-corrected chi connectivity index (χ0v) is 18.8. The molecular formula is C26H28N2O4. The Kier molecular flexibility index (Phi) is 7.49. The van der Waals surface area contributed by atoms with Crippen LogP contribution in [0, 0.1) is 20.8 Å². The molecule has 0 heterocycles. The minimum atomic E-state index is -0.290. The van der Waals surface area contributed by atoms with E-state index >= 15 is 0 Å². The van der Waals surface area contributed by atoms with Gasteiger partial charge in [-0.3, -0.25) is 9.59 Å². The number of nitrogens with one attached hydrogen (secondary N) is 1. The van der Waals surface area contributed by atoms with Gasteiger partial charge in [0.25, 0.3) is 5.91 Å². The van der Waals surface area contributed by atoms with Crippen LogP contribution in [0.15, 0.2) is 66.7 Å². The second-order valence-electron chi connectivity index (χ2n) is 7.74. The van der Waals surface area contributed by atoms with Crippen molar-refractivity contribution in [1.29, 1.82) is 0 Å². The van der Waals surface area contributed by atoms with Gasteiger partial charge in [0.1, 0.15) is 17.2 Å². The highest BCUT2D eigenvalue weighted by atomic mass is 16.5.